The number of carboxylic acid groups (broad SMARTS) is 1. The number of amides is 1. The molecular weight excluding hydrogens is 256 g/mol. The number of carbonyl (C=O) groups is 2. The van der Waals surface area contributed by atoms with E-state index in [0.29, 0.717) is 17.7 Å². The van der Waals surface area contributed by atoms with Crippen molar-refractivity contribution >= 4 is 17.6 Å². The van der Waals surface area contributed by atoms with Crippen molar-refractivity contribution in [3.05, 3.63) is 29.8 Å². The average molecular weight is 276 g/mol. The van der Waals surface area contributed by atoms with Crippen LogP contribution in [0, 0.1) is 5.41 Å². The van der Waals surface area contributed by atoms with Gasteiger partial charge >= 0.3 is 5.97 Å². The highest BCUT2D eigenvalue weighted by atomic mass is 16.4. The minimum Gasteiger partial charge on any atom is -0.481 e. The average Bonchev–Trinajstić information content (AvgIpc) is 2.41. The van der Waals surface area contributed by atoms with E-state index in [1.54, 1.807) is 31.2 Å². The lowest BCUT2D eigenvalue weighted by Crippen LogP contribution is -2.46. The van der Waals surface area contributed by atoms with E-state index < -0.39 is 17.3 Å². The van der Waals surface area contributed by atoms with E-state index >= 15 is 0 Å². The highest BCUT2D eigenvalue weighted by Gasteiger charge is 2.43. The van der Waals surface area contributed by atoms with Crippen LogP contribution in [0.4, 0.5) is 5.69 Å². The first-order valence-corrected chi connectivity index (χ1v) is 6.84. The Kier molecular flexibility index (Phi) is 3.97. The maximum Gasteiger partial charge on any atom is 0.311 e. The number of carbonyl (C=O) groups excluding carboxylic acids is 1. The first-order chi connectivity index (χ1) is 9.45. The maximum absolute atomic E-state index is 11.6. The van der Waals surface area contributed by atoms with Gasteiger partial charge in [-0.15, -0.1) is 0 Å². The minimum atomic E-state index is -0.816. The molecular formula is C15H20N2O3. The fourth-order valence-electron chi connectivity index (χ4n) is 2.83. The van der Waals surface area contributed by atoms with Crippen molar-refractivity contribution in [2.24, 2.45) is 11.1 Å². The van der Waals surface area contributed by atoms with Gasteiger partial charge in [-0.3, -0.25) is 9.59 Å². The number of anilines is 1. The molecule has 1 aliphatic rings. The molecule has 108 valence electrons. The van der Waals surface area contributed by atoms with Crippen molar-refractivity contribution in [2.45, 2.75) is 38.6 Å². The van der Waals surface area contributed by atoms with Gasteiger partial charge in [-0.05, 0) is 31.9 Å². The molecule has 0 spiro atoms. The Balaban J connectivity index is 2.28. The second-order valence-electron chi connectivity index (χ2n) is 5.58. The highest BCUT2D eigenvalue weighted by molar-refractivity contribution is 5.98. The van der Waals surface area contributed by atoms with Crippen molar-refractivity contribution in [2.75, 3.05) is 5.32 Å². The van der Waals surface area contributed by atoms with E-state index in [9.17, 15) is 14.7 Å². The van der Waals surface area contributed by atoms with Gasteiger partial charge in [-0.1, -0.05) is 25.0 Å². The van der Waals surface area contributed by atoms with Gasteiger partial charge in [0.25, 0.3) is 5.91 Å². The molecule has 5 heteroatoms. The van der Waals surface area contributed by atoms with Crippen LogP contribution in [0.25, 0.3) is 0 Å². The van der Waals surface area contributed by atoms with Crippen LogP contribution < -0.4 is 11.1 Å². The summed E-state index contributed by atoms with van der Waals surface area (Å²) in [7, 11) is 0. The lowest BCUT2D eigenvalue weighted by Gasteiger charge is -2.39. The predicted molar refractivity (Wildman–Crippen MR) is 76.6 cm³/mol. The largest absolute Gasteiger partial charge is 0.481 e. The van der Waals surface area contributed by atoms with Crippen LogP contribution in [-0.2, 0) is 4.79 Å². The number of benzene rings is 1. The van der Waals surface area contributed by atoms with Crippen LogP contribution in [0.3, 0.4) is 0 Å². The van der Waals surface area contributed by atoms with Crippen LogP contribution in [0.1, 0.15) is 43.0 Å². The first-order valence-electron chi connectivity index (χ1n) is 6.84. The lowest BCUT2D eigenvalue weighted by atomic mass is 9.71. The normalized spacial score (nSPS) is 25.9. The number of nitrogens with two attached hydrogens (primary N) is 1. The lowest BCUT2D eigenvalue weighted by molar-refractivity contribution is -0.150. The van der Waals surface area contributed by atoms with Gasteiger partial charge in [-0.25, -0.2) is 0 Å². The Morgan fingerprint density at radius 3 is 2.70 bits per heavy atom. The Labute approximate surface area is 118 Å². The predicted octanol–water partition coefficient (Wildman–Crippen LogP) is 2.23. The number of nitrogens with one attached hydrogen (secondary N) is 1. The quantitative estimate of drug-likeness (QED) is 0.786. The SMILES string of the molecule is CC1(C(=O)O)CCCCC1Nc1ccccc1C(N)=O. The second-order valence-corrected chi connectivity index (χ2v) is 5.58. The van der Waals surface area contributed by atoms with Crippen molar-refractivity contribution in [1.82, 2.24) is 0 Å². The molecule has 2 rings (SSSR count). The summed E-state index contributed by atoms with van der Waals surface area (Å²) < 4.78 is 0. The van der Waals surface area contributed by atoms with Gasteiger partial charge in [0.2, 0.25) is 0 Å². The van der Waals surface area contributed by atoms with Crippen molar-refractivity contribution in [3.8, 4) is 0 Å². The first kappa shape index (κ1) is 14.4. The zero-order chi connectivity index (χ0) is 14.8. The van der Waals surface area contributed by atoms with E-state index in [4.69, 9.17) is 5.73 Å². The third kappa shape index (κ3) is 2.61. The fraction of sp³-hybridized carbons (Fsp3) is 0.467. The third-order valence-corrected chi connectivity index (χ3v) is 4.22. The molecule has 1 aromatic carbocycles. The zero-order valence-electron chi connectivity index (χ0n) is 11.6. The topological polar surface area (TPSA) is 92.4 Å². The summed E-state index contributed by atoms with van der Waals surface area (Å²) >= 11 is 0. The zero-order valence-corrected chi connectivity index (χ0v) is 11.6. The molecule has 2 unspecified atom stereocenters. The molecule has 20 heavy (non-hydrogen) atoms. The Hall–Kier alpha value is -2.04. The summed E-state index contributed by atoms with van der Waals surface area (Å²) in [6.45, 7) is 1.76. The van der Waals surface area contributed by atoms with Gasteiger partial charge < -0.3 is 16.2 Å². The number of para-hydroxylation sites is 1. The molecule has 1 aliphatic carbocycles. The number of hydrogen-bond donors (Lipinski definition) is 3. The standard InChI is InChI=1S/C15H20N2O3/c1-15(14(19)20)9-5-4-8-12(15)17-11-7-3-2-6-10(11)13(16)18/h2-3,6-7,12,17H,4-5,8-9H2,1H3,(H2,16,18)(H,19,20). The summed E-state index contributed by atoms with van der Waals surface area (Å²) in [6.07, 6.45) is 3.31. The Morgan fingerprint density at radius 1 is 1.35 bits per heavy atom. The van der Waals surface area contributed by atoms with Crippen molar-refractivity contribution in [1.29, 1.82) is 0 Å². The molecule has 5 nitrogen and oxygen atoms in total. The van der Waals surface area contributed by atoms with E-state index in [-0.39, 0.29) is 6.04 Å². The number of carboxylic acids is 1. The molecule has 0 heterocycles. The van der Waals surface area contributed by atoms with E-state index in [1.807, 2.05) is 0 Å². The van der Waals surface area contributed by atoms with Gasteiger partial charge in [0.15, 0.2) is 0 Å². The molecule has 4 N–H and O–H groups in total. The Bertz CT molecular complexity index is 530. The van der Waals surface area contributed by atoms with Crippen LogP contribution in [0.15, 0.2) is 24.3 Å². The van der Waals surface area contributed by atoms with E-state index in [1.165, 1.54) is 0 Å². The fourth-order valence-corrected chi connectivity index (χ4v) is 2.83. The molecule has 1 saturated carbocycles. The number of primary amides is 1. The minimum absolute atomic E-state index is 0.200. The van der Waals surface area contributed by atoms with Crippen molar-refractivity contribution in [3.63, 3.8) is 0 Å². The summed E-state index contributed by atoms with van der Waals surface area (Å²) in [4.78, 5) is 23.0. The molecule has 1 aromatic rings. The number of rotatable bonds is 4. The number of aliphatic carboxylic acids is 1. The molecule has 0 radical (unpaired) electrons. The summed E-state index contributed by atoms with van der Waals surface area (Å²) in [6, 6.07) is 6.75. The van der Waals surface area contributed by atoms with Gasteiger partial charge in [0.05, 0.1) is 11.0 Å². The van der Waals surface area contributed by atoms with Gasteiger partial charge in [-0.2, -0.15) is 0 Å². The van der Waals surface area contributed by atoms with Crippen molar-refractivity contribution < 1.29 is 14.7 Å². The second kappa shape index (κ2) is 5.53. The molecule has 2 atom stereocenters. The summed E-state index contributed by atoms with van der Waals surface area (Å²) in [5.74, 6) is -1.31. The molecule has 1 amide bonds. The third-order valence-electron chi connectivity index (χ3n) is 4.22. The Morgan fingerprint density at radius 2 is 2.05 bits per heavy atom. The molecule has 1 fully saturated rings. The van der Waals surface area contributed by atoms with Crippen LogP contribution in [-0.4, -0.2) is 23.0 Å². The molecule has 0 aromatic heterocycles. The molecule has 0 bridgehead atoms. The van der Waals surface area contributed by atoms with Gasteiger partial charge in [0, 0.05) is 11.7 Å². The molecule has 0 saturated heterocycles. The van der Waals surface area contributed by atoms with E-state index in [0.717, 1.165) is 19.3 Å². The summed E-state index contributed by atoms with van der Waals surface area (Å²) in [5, 5.41) is 12.7. The number of hydrogen-bond acceptors (Lipinski definition) is 3. The smallest absolute Gasteiger partial charge is 0.311 e. The highest BCUT2D eigenvalue weighted by Crippen LogP contribution is 2.38. The molecule has 0 aliphatic heterocycles. The van der Waals surface area contributed by atoms with Crippen LogP contribution in [0.5, 0.6) is 0 Å². The van der Waals surface area contributed by atoms with Gasteiger partial charge in [0.1, 0.15) is 0 Å². The maximum atomic E-state index is 11.6. The monoisotopic (exact) mass is 276 g/mol. The van der Waals surface area contributed by atoms with Crippen LogP contribution >= 0.6 is 0 Å². The summed E-state index contributed by atoms with van der Waals surface area (Å²) in [5.41, 5.74) is 5.54. The van der Waals surface area contributed by atoms with E-state index in [2.05, 4.69) is 5.32 Å². The van der Waals surface area contributed by atoms with Crippen LogP contribution in [0.2, 0.25) is 0 Å².